The Bertz CT molecular complexity index is 1350. The second kappa shape index (κ2) is 12.3. The summed E-state index contributed by atoms with van der Waals surface area (Å²) in [4.78, 5) is 51.5. The van der Waals surface area contributed by atoms with Crippen LogP contribution in [0.25, 0.3) is 10.4 Å². The quantitative estimate of drug-likeness (QED) is 0.0679. The lowest BCUT2D eigenvalue weighted by molar-refractivity contribution is -0.508. The number of carbonyl (C=O) groups excluding carboxylic acids is 3. The Labute approximate surface area is 249 Å². The van der Waals surface area contributed by atoms with Crippen molar-refractivity contribution < 1.29 is 62.5 Å². The van der Waals surface area contributed by atoms with Crippen molar-refractivity contribution in [1.82, 2.24) is 14.8 Å². The first-order valence-corrected chi connectivity index (χ1v) is 14.0. The molecule has 212 valence electrons. The third-order valence-electron chi connectivity index (χ3n) is 6.86. The van der Waals surface area contributed by atoms with Gasteiger partial charge in [-0.25, -0.2) is 14.2 Å². The van der Waals surface area contributed by atoms with Crippen LogP contribution in [-0.2, 0) is 25.7 Å². The number of aromatic nitrogens is 2. The Hall–Kier alpha value is -2.63. The number of halogens is 1. The van der Waals surface area contributed by atoms with Gasteiger partial charge in [0.25, 0.3) is 6.33 Å². The van der Waals surface area contributed by atoms with Crippen molar-refractivity contribution in [1.29, 1.82) is 0 Å². The van der Waals surface area contributed by atoms with Gasteiger partial charge in [-0.2, -0.15) is 4.40 Å². The van der Waals surface area contributed by atoms with Crippen LogP contribution in [0.5, 0.6) is 0 Å². The molecule has 5 atom stereocenters. The lowest BCUT2D eigenvalue weighted by atomic mass is 9.77. The van der Waals surface area contributed by atoms with Gasteiger partial charge in [-0.15, -0.1) is 0 Å². The Balaban J connectivity index is 0.00000420. The fourth-order valence-corrected chi connectivity index (χ4v) is 7.39. The molecule has 3 amide bonds. The number of nitrogens with one attached hydrogen (secondary N) is 1. The molecule has 0 bridgehead atoms. The number of primary amides is 1. The third-order valence-corrected chi connectivity index (χ3v) is 8.95. The van der Waals surface area contributed by atoms with E-state index in [4.69, 9.17) is 10.5 Å². The minimum Gasteiger partial charge on any atom is -1.00 e. The highest BCUT2D eigenvalue weighted by atomic mass is 127. The van der Waals surface area contributed by atoms with E-state index in [1.807, 2.05) is 34.7 Å². The first kappa shape index (κ1) is 30.9. The Morgan fingerprint density at radius 1 is 1.41 bits per heavy atom. The third kappa shape index (κ3) is 5.53. The highest BCUT2D eigenvalue weighted by Crippen LogP contribution is 2.51. The van der Waals surface area contributed by atoms with Gasteiger partial charge in [-0.3, -0.25) is 9.59 Å². The van der Waals surface area contributed by atoms with E-state index in [2.05, 4.69) is 11.9 Å². The average molecular weight is 692 g/mol. The zero-order chi connectivity index (χ0) is 27.9. The number of alkyl carbamates (subject to hydrolysis) is 1. The number of carbonyl (C=O) groups is 4. The number of ether oxygens (including phenoxy) is 1. The van der Waals surface area contributed by atoms with Crippen LogP contribution < -0.4 is 39.4 Å². The molecule has 2 aliphatic heterocycles. The molecule has 1 saturated heterocycles. The van der Waals surface area contributed by atoms with Crippen molar-refractivity contribution in [2.24, 2.45) is 17.6 Å². The number of aliphatic hydroxyl groups is 1. The Kier molecular flexibility index (Phi) is 9.72. The van der Waals surface area contributed by atoms with Crippen LogP contribution in [-0.4, -0.2) is 74.6 Å². The number of hydrogen-bond donors (Lipinski definition) is 4. The molecule has 12 nitrogen and oxygen atoms in total. The minimum atomic E-state index is -1.18. The van der Waals surface area contributed by atoms with E-state index in [-0.39, 0.29) is 54.5 Å². The Morgan fingerprint density at radius 3 is 2.67 bits per heavy atom. The molecule has 2 aromatic heterocycles. The minimum absolute atomic E-state index is 0. The number of aliphatic carboxylic acids is 1. The summed E-state index contributed by atoms with van der Waals surface area (Å²) in [5.74, 6) is -3.14. The van der Waals surface area contributed by atoms with Gasteiger partial charge in [0.05, 0.1) is 29.5 Å². The van der Waals surface area contributed by atoms with Gasteiger partial charge >= 0.3 is 12.1 Å². The van der Waals surface area contributed by atoms with Gasteiger partial charge in [-0.05, 0) is 13.2 Å². The van der Waals surface area contributed by atoms with E-state index in [9.17, 15) is 29.4 Å². The summed E-state index contributed by atoms with van der Waals surface area (Å²) in [6.07, 6.45) is 5.56. The van der Waals surface area contributed by atoms with E-state index < -0.39 is 42.1 Å². The van der Waals surface area contributed by atoms with Crippen molar-refractivity contribution in [3.8, 4) is 0 Å². The Morgan fingerprint density at radius 2 is 2.10 bits per heavy atom. The van der Waals surface area contributed by atoms with Crippen molar-refractivity contribution in [3.63, 3.8) is 0 Å². The molecule has 2 aromatic rings. The van der Waals surface area contributed by atoms with Gasteiger partial charge in [0.15, 0.2) is 0 Å². The van der Waals surface area contributed by atoms with Crippen LogP contribution in [0.1, 0.15) is 25.1 Å². The molecule has 39 heavy (non-hydrogen) atoms. The number of fused-ring (bicyclic) bond motifs is 2. The monoisotopic (exact) mass is 691 g/mol. The summed E-state index contributed by atoms with van der Waals surface area (Å²) in [5.41, 5.74) is 6.00. The number of aryl methyl sites for hydroxylation is 1. The molecule has 4 rings (SSSR count). The number of amides is 3. The molecule has 0 spiro atoms. The maximum atomic E-state index is 12.7. The zero-order valence-corrected chi connectivity index (χ0v) is 25.3. The molecular weight excluding hydrogens is 661 g/mol. The molecule has 0 aromatic carbocycles. The fraction of sp³-hybridized carbons (Fsp3) is 0.458. The molecular formula is C24H30IN5O7S2. The summed E-state index contributed by atoms with van der Waals surface area (Å²) >= 11 is 2.89. The molecule has 5 N–H and O–H groups in total. The number of imidazole rings is 1. The normalized spacial score (nSPS) is 21.6. The van der Waals surface area contributed by atoms with Gasteiger partial charge < -0.3 is 54.9 Å². The standard InChI is InChI=1S/C24H29N5O7S2.HI/c1-5-8-36-24(35)26-13(19(25)31)6-7-27-10-28-9-14(38-22(28)21(27)37-4)15-11(2)17-16(12(3)30)20(32)29(17)18(15)23(33)34;/h5,9-13,16-17,30H,1,6-8H2,2-4H3,(H3-,25,26,31,33,34,35);1H/t11-,12+,13?,16+,17+;/m0./s1. The van der Waals surface area contributed by atoms with Gasteiger partial charge in [0.1, 0.15) is 24.5 Å². The predicted octanol–water partition coefficient (Wildman–Crippen LogP) is -2.18. The maximum absolute atomic E-state index is 12.7. The SMILES string of the molecule is C=CCOC(=O)NC(CCn1c[n+]2cc(C3=C(C(=O)O)N4C(=O)[C@H]([C@@H](C)O)[C@H]4[C@H]3C)sc2c1SC)C(N)=O.[I-]. The van der Waals surface area contributed by atoms with Crippen molar-refractivity contribution in [3.05, 3.63) is 35.8 Å². The zero-order valence-electron chi connectivity index (χ0n) is 21.5. The van der Waals surface area contributed by atoms with E-state index in [0.29, 0.717) is 12.1 Å². The van der Waals surface area contributed by atoms with Crippen LogP contribution in [0.2, 0.25) is 0 Å². The summed E-state index contributed by atoms with van der Waals surface area (Å²) in [6.45, 7) is 7.27. The number of aliphatic hydroxyl groups excluding tert-OH is 1. The number of hydrogen-bond acceptors (Lipinski definition) is 8. The van der Waals surface area contributed by atoms with Gasteiger partial charge in [0.2, 0.25) is 21.7 Å². The molecule has 0 radical (unpaired) electrons. The first-order chi connectivity index (χ1) is 18.0. The number of rotatable bonds is 11. The molecule has 15 heteroatoms. The number of β-lactam (4-membered cyclic amide) rings is 1. The fourth-order valence-electron chi connectivity index (χ4n) is 5.19. The van der Waals surface area contributed by atoms with E-state index in [1.54, 1.807) is 6.92 Å². The van der Waals surface area contributed by atoms with Gasteiger partial charge in [0, 0.05) is 17.9 Å². The van der Waals surface area contributed by atoms with Crippen LogP contribution in [0.4, 0.5) is 4.79 Å². The van der Waals surface area contributed by atoms with Crippen LogP contribution in [0.3, 0.4) is 0 Å². The summed E-state index contributed by atoms with van der Waals surface area (Å²) < 4.78 is 8.68. The number of nitrogens with two attached hydrogens (primary N) is 1. The molecule has 2 aliphatic rings. The number of thiazole rings is 1. The first-order valence-electron chi connectivity index (χ1n) is 11.9. The van der Waals surface area contributed by atoms with E-state index in [0.717, 1.165) is 14.7 Å². The highest BCUT2D eigenvalue weighted by Gasteiger charge is 2.60. The number of nitrogens with zero attached hydrogens (tertiary/aromatic N) is 3. The largest absolute Gasteiger partial charge is 1.00 e. The maximum Gasteiger partial charge on any atom is 0.408 e. The van der Waals surface area contributed by atoms with Crippen molar-refractivity contribution >= 4 is 57.4 Å². The number of carboxylic acid groups (broad SMARTS) is 1. The molecule has 0 saturated carbocycles. The molecule has 0 aliphatic carbocycles. The summed E-state index contributed by atoms with van der Waals surface area (Å²) in [5, 5.41) is 23.4. The molecule has 4 heterocycles. The average Bonchev–Trinajstić information content (AvgIpc) is 3.46. The second-order valence-corrected chi connectivity index (χ2v) is 11.0. The summed E-state index contributed by atoms with van der Waals surface area (Å²) in [7, 11) is 0. The molecule has 1 unspecified atom stereocenters. The van der Waals surface area contributed by atoms with Crippen LogP contribution >= 0.6 is 23.1 Å². The smallest absolute Gasteiger partial charge is 0.408 e. The predicted molar refractivity (Wildman–Crippen MR) is 139 cm³/mol. The molecule has 1 fully saturated rings. The lowest BCUT2D eigenvalue weighted by Crippen LogP contribution is -3.00. The van der Waals surface area contributed by atoms with Gasteiger partial charge in [-0.1, -0.05) is 42.7 Å². The number of thioether (sulfide) groups is 1. The number of carboxylic acids is 1. The lowest BCUT2D eigenvalue weighted by Gasteiger charge is -2.46. The summed E-state index contributed by atoms with van der Waals surface area (Å²) in [6, 6.07) is -1.33. The van der Waals surface area contributed by atoms with E-state index in [1.165, 1.54) is 34.1 Å². The topological polar surface area (TPSA) is 168 Å². The highest BCUT2D eigenvalue weighted by molar-refractivity contribution is 7.98. The van der Waals surface area contributed by atoms with E-state index >= 15 is 0 Å². The van der Waals surface area contributed by atoms with Crippen molar-refractivity contribution in [2.45, 2.75) is 50.0 Å². The second-order valence-electron chi connectivity index (χ2n) is 9.22. The van der Waals surface area contributed by atoms with Crippen molar-refractivity contribution in [2.75, 3.05) is 12.9 Å². The van der Waals surface area contributed by atoms with Crippen LogP contribution in [0, 0.1) is 11.8 Å². The van der Waals surface area contributed by atoms with Crippen LogP contribution in [0.15, 0.2) is 35.9 Å².